The molecule has 1 rings (SSSR count). The topological polar surface area (TPSA) is 148 Å². The highest BCUT2D eigenvalue weighted by Crippen LogP contribution is 2.29. The minimum absolute atomic E-state index is 0.0689. The summed E-state index contributed by atoms with van der Waals surface area (Å²) < 4.78 is 10.2. The largest absolute Gasteiger partial charge is 0.395 e. The van der Waals surface area contributed by atoms with E-state index in [1.165, 1.54) is 14.0 Å². The molecule has 11 nitrogen and oxygen atoms in total. The maximum Gasteiger partial charge on any atom is 0.269 e. The fourth-order valence-corrected chi connectivity index (χ4v) is 2.95. The van der Waals surface area contributed by atoms with Crippen molar-refractivity contribution in [3.05, 3.63) is 0 Å². The van der Waals surface area contributed by atoms with Crippen molar-refractivity contribution < 1.29 is 33.5 Å². The molecule has 1 heterocycles. The van der Waals surface area contributed by atoms with Crippen molar-refractivity contribution in [2.45, 2.75) is 72.1 Å². The molecule has 0 aromatic heterocycles. The van der Waals surface area contributed by atoms with Gasteiger partial charge >= 0.3 is 0 Å². The lowest BCUT2D eigenvalue weighted by atomic mass is 9.93. The first-order valence-electron chi connectivity index (χ1n) is 11.6. The average Bonchev–Trinajstić information content (AvgIpc) is 3.51. The van der Waals surface area contributed by atoms with Gasteiger partial charge in [-0.3, -0.25) is 19.2 Å². The summed E-state index contributed by atoms with van der Waals surface area (Å²) >= 11 is 0. The molecular formula is C23H40N4O7. The molecule has 3 N–H and O–H groups in total. The lowest BCUT2D eigenvalue weighted by Gasteiger charge is -2.22. The highest BCUT2D eigenvalue weighted by Gasteiger charge is 2.50. The highest BCUT2D eigenvalue weighted by molar-refractivity contribution is 6.38. The van der Waals surface area contributed by atoms with Gasteiger partial charge in [0.05, 0.1) is 19.2 Å². The zero-order valence-corrected chi connectivity index (χ0v) is 21.4. The number of rotatable bonds is 16. The van der Waals surface area contributed by atoms with Crippen LogP contribution in [0.25, 0.3) is 0 Å². The Morgan fingerprint density at radius 3 is 2.24 bits per heavy atom. The number of nitrogens with zero attached hydrogens (tertiary/aromatic N) is 1. The second-order valence-corrected chi connectivity index (χ2v) is 9.53. The molecule has 3 atom stereocenters. The Kier molecular flexibility index (Phi) is 12.2. The summed E-state index contributed by atoms with van der Waals surface area (Å²) in [5, 5.41) is 11.5. The monoisotopic (exact) mass is 484 g/mol. The van der Waals surface area contributed by atoms with E-state index >= 15 is 0 Å². The van der Waals surface area contributed by atoms with E-state index in [2.05, 4.69) is 21.1 Å². The van der Waals surface area contributed by atoms with Gasteiger partial charge in [0.1, 0.15) is 24.0 Å². The smallest absolute Gasteiger partial charge is 0.269 e. The van der Waals surface area contributed by atoms with Crippen LogP contribution in [0.5, 0.6) is 0 Å². The van der Waals surface area contributed by atoms with E-state index in [4.69, 9.17) is 14.3 Å². The van der Waals surface area contributed by atoms with Gasteiger partial charge in [0, 0.05) is 13.7 Å². The Bertz CT molecular complexity index is 748. The molecule has 194 valence electrons. The van der Waals surface area contributed by atoms with E-state index in [0.29, 0.717) is 19.6 Å². The molecule has 34 heavy (non-hydrogen) atoms. The molecule has 11 heteroatoms. The van der Waals surface area contributed by atoms with Crippen molar-refractivity contribution in [1.29, 1.82) is 0 Å². The summed E-state index contributed by atoms with van der Waals surface area (Å²) in [4.78, 5) is 55.3. The number of methoxy groups -OCH3 is 1. The second-order valence-electron chi connectivity index (χ2n) is 9.53. The normalized spacial score (nSPS) is 19.4. The first-order valence-corrected chi connectivity index (χ1v) is 11.6. The third kappa shape index (κ3) is 10.6. The predicted octanol–water partition coefficient (Wildman–Crippen LogP) is 0.561. The standard InChI is InChI=1S/C23H40N4O7/c1-14(2)10-18(20(29)23(6)13-33-23)25-19(28)11-24-22(31)17(8-9-32-7)26-21(30)16(5)27-34-12-15(3)4/h14-15,17-18H,8-13H2,1-7H3,(H,24,31)(H,25,28)(H,26,30)/b27-16+/t17-,18-,23+/m0/s1. The second kappa shape index (κ2) is 14.0. The van der Waals surface area contributed by atoms with Gasteiger partial charge in [0.25, 0.3) is 5.91 Å². The number of hydrogen-bond donors (Lipinski definition) is 3. The van der Waals surface area contributed by atoms with Gasteiger partial charge in [-0.1, -0.05) is 32.9 Å². The van der Waals surface area contributed by atoms with Crippen molar-refractivity contribution >= 4 is 29.2 Å². The first-order chi connectivity index (χ1) is 15.9. The fourth-order valence-electron chi connectivity index (χ4n) is 2.95. The molecule has 0 saturated carbocycles. The van der Waals surface area contributed by atoms with E-state index in [-0.39, 0.29) is 42.9 Å². The highest BCUT2D eigenvalue weighted by atomic mass is 16.6. The molecule has 0 aromatic carbocycles. The summed E-state index contributed by atoms with van der Waals surface area (Å²) in [5.41, 5.74) is -0.788. The van der Waals surface area contributed by atoms with Crippen LogP contribution in [-0.4, -0.2) is 80.4 Å². The van der Waals surface area contributed by atoms with Crippen molar-refractivity contribution in [2.24, 2.45) is 17.0 Å². The third-order valence-electron chi connectivity index (χ3n) is 5.05. The molecule has 0 unspecified atom stereocenters. The summed E-state index contributed by atoms with van der Waals surface area (Å²) in [5.74, 6) is -1.38. The zero-order valence-electron chi connectivity index (χ0n) is 21.4. The van der Waals surface area contributed by atoms with Crippen molar-refractivity contribution in [2.75, 3.05) is 33.5 Å². The van der Waals surface area contributed by atoms with Gasteiger partial charge in [-0.05, 0) is 38.5 Å². The number of epoxide rings is 1. The lowest BCUT2D eigenvalue weighted by Crippen LogP contribution is -2.53. The van der Waals surface area contributed by atoms with Gasteiger partial charge in [-0.2, -0.15) is 0 Å². The van der Waals surface area contributed by atoms with Crippen LogP contribution in [0.4, 0.5) is 0 Å². The maximum atomic E-state index is 12.7. The maximum absolute atomic E-state index is 12.7. The van der Waals surface area contributed by atoms with Crippen LogP contribution in [0.1, 0.15) is 54.4 Å². The number of nitrogens with one attached hydrogen (secondary N) is 3. The van der Waals surface area contributed by atoms with Gasteiger partial charge in [-0.15, -0.1) is 0 Å². The first kappa shape index (κ1) is 29.5. The zero-order chi connectivity index (χ0) is 25.9. The van der Waals surface area contributed by atoms with Crippen LogP contribution >= 0.6 is 0 Å². The van der Waals surface area contributed by atoms with Crippen molar-refractivity contribution in [3.63, 3.8) is 0 Å². The Morgan fingerprint density at radius 1 is 1.06 bits per heavy atom. The van der Waals surface area contributed by atoms with Gasteiger partial charge in [0.15, 0.2) is 5.78 Å². The number of oxime groups is 1. The van der Waals surface area contributed by atoms with Gasteiger partial charge in [0.2, 0.25) is 11.8 Å². The SMILES string of the molecule is COCC[C@H](NC(=O)/C(C)=N/OCC(C)C)C(=O)NCC(=O)N[C@@H](CC(C)C)C(=O)[C@@]1(C)CO1. The van der Waals surface area contributed by atoms with E-state index in [0.717, 1.165) is 0 Å². The van der Waals surface area contributed by atoms with Crippen LogP contribution in [-0.2, 0) is 33.5 Å². The number of amides is 3. The minimum Gasteiger partial charge on any atom is -0.395 e. The molecule has 0 spiro atoms. The molecule has 0 bridgehead atoms. The van der Waals surface area contributed by atoms with Crippen LogP contribution < -0.4 is 16.0 Å². The quantitative estimate of drug-likeness (QED) is 0.165. The number of ketones is 1. The molecule has 0 aromatic rings. The van der Waals surface area contributed by atoms with Crippen LogP contribution in [0.3, 0.4) is 0 Å². The Morgan fingerprint density at radius 2 is 1.71 bits per heavy atom. The van der Waals surface area contributed by atoms with E-state index in [1.807, 2.05) is 27.7 Å². The molecule has 1 aliphatic rings. The van der Waals surface area contributed by atoms with E-state index < -0.39 is 35.4 Å². The van der Waals surface area contributed by atoms with Gasteiger partial charge in [-0.25, -0.2) is 0 Å². The summed E-state index contributed by atoms with van der Waals surface area (Å²) in [7, 11) is 1.48. The molecular weight excluding hydrogens is 444 g/mol. The summed E-state index contributed by atoms with van der Waals surface area (Å²) in [6.45, 7) is 11.5. The average molecular weight is 485 g/mol. The molecule has 0 radical (unpaired) electrons. The molecule has 1 aliphatic heterocycles. The van der Waals surface area contributed by atoms with E-state index in [1.54, 1.807) is 6.92 Å². The lowest BCUT2D eigenvalue weighted by molar-refractivity contribution is -0.132. The van der Waals surface area contributed by atoms with Crippen LogP contribution in [0.15, 0.2) is 5.16 Å². The predicted molar refractivity (Wildman–Crippen MR) is 126 cm³/mol. The molecule has 1 saturated heterocycles. The summed E-state index contributed by atoms with van der Waals surface area (Å²) in [6.07, 6.45) is 0.654. The Balaban J connectivity index is 2.67. The van der Waals surface area contributed by atoms with Crippen molar-refractivity contribution in [3.8, 4) is 0 Å². The molecule has 1 fully saturated rings. The number of carbonyl (C=O) groups excluding carboxylic acids is 4. The number of ether oxygens (including phenoxy) is 2. The van der Waals surface area contributed by atoms with E-state index in [9.17, 15) is 19.2 Å². The third-order valence-corrected chi connectivity index (χ3v) is 5.05. The Labute approximate surface area is 201 Å². The van der Waals surface area contributed by atoms with Crippen molar-refractivity contribution in [1.82, 2.24) is 16.0 Å². The number of hydrogen-bond acceptors (Lipinski definition) is 8. The molecule has 0 aliphatic carbocycles. The van der Waals surface area contributed by atoms with Crippen LogP contribution in [0.2, 0.25) is 0 Å². The minimum atomic E-state index is -0.942. The van der Waals surface area contributed by atoms with Crippen LogP contribution in [0, 0.1) is 11.8 Å². The fraction of sp³-hybridized carbons (Fsp3) is 0.783. The summed E-state index contributed by atoms with van der Waals surface area (Å²) in [6, 6.07) is -1.65. The number of Topliss-reactive ketones (excluding diaryl/α,β-unsaturated/α-hetero) is 1. The Hall–Kier alpha value is -2.53. The van der Waals surface area contributed by atoms with Gasteiger partial charge < -0.3 is 30.3 Å². The number of carbonyl (C=O) groups is 4. The molecule has 3 amide bonds.